The molecule has 2 nitrogen and oxygen atoms in total. The third kappa shape index (κ3) is 4.26. The molecule has 1 N–H and O–H groups in total. The molecule has 0 bridgehead atoms. The van der Waals surface area contributed by atoms with Crippen LogP contribution in [-0.4, -0.2) is 37.1 Å². The van der Waals surface area contributed by atoms with E-state index in [1.165, 1.54) is 64.7 Å². The Bertz CT molecular complexity index is 217. The van der Waals surface area contributed by atoms with Gasteiger partial charge in [-0.05, 0) is 44.1 Å². The maximum Gasteiger partial charge on any atom is 0.0107 e. The fourth-order valence-electron chi connectivity index (χ4n) is 3.52. The molecule has 1 heterocycles. The molecule has 17 heavy (non-hydrogen) atoms. The van der Waals surface area contributed by atoms with E-state index < -0.39 is 0 Å². The SMILES string of the molecule is CC1CCCN(CCNC2CCCCC2C)C1. The van der Waals surface area contributed by atoms with Crippen molar-refractivity contribution in [1.29, 1.82) is 0 Å². The van der Waals surface area contributed by atoms with E-state index in [1.54, 1.807) is 0 Å². The highest BCUT2D eigenvalue weighted by atomic mass is 15.1. The fraction of sp³-hybridized carbons (Fsp3) is 1.00. The first-order valence-electron chi connectivity index (χ1n) is 7.71. The molecular weight excluding hydrogens is 208 g/mol. The predicted octanol–water partition coefficient (Wildman–Crippen LogP) is 2.89. The third-order valence-electron chi connectivity index (χ3n) is 4.69. The van der Waals surface area contributed by atoms with Crippen LogP contribution in [0, 0.1) is 11.8 Å². The van der Waals surface area contributed by atoms with Gasteiger partial charge in [0.1, 0.15) is 0 Å². The number of likely N-dealkylation sites (tertiary alicyclic amines) is 1. The van der Waals surface area contributed by atoms with Crippen molar-refractivity contribution in [1.82, 2.24) is 10.2 Å². The van der Waals surface area contributed by atoms with Crippen molar-refractivity contribution in [3.05, 3.63) is 0 Å². The molecule has 1 aliphatic heterocycles. The minimum absolute atomic E-state index is 0.797. The van der Waals surface area contributed by atoms with E-state index in [0.29, 0.717) is 0 Å². The Morgan fingerprint density at radius 1 is 1.06 bits per heavy atom. The van der Waals surface area contributed by atoms with Gasteiger partial charge >= 0.3 is 0 Å². The van der Waals surface area contributed by atoms with Crippen molar-refractivity contribution in [3.63, 3.8) is 0 Å². The lowest BCUT2D eigenvalue weighted by Gasteiger charge is -2.33. The van der Waals surface area contributed by atoms with Crippen LogP contribution in [0.3, 0.4) is 0 Å². The zero-order chi connectivity index (χ0) is 12.1. The molecule has 0 amide bonds. The number of hydrogen-bond donors (Lipinski definition) is 1. The van der Waals surface area contributed by atoms with Crippen LogP contribution in [0.5, 0.6) is 0 Å². The molecule has 0 spiro atoms. The van der Waals surface area contributed by atoms with Crippen molar-refractivity contribution in [2.24, 2.45) is 11.8 Å². The molecular formula is C15H30N2. The van der Waals surface area contributed by atoms with Gasteiger partial charge < -0.3 is 10.2 Å². The van der Waals surface area contributed by atoms with E-state index in [0.717, 1.165) is 17.9 Å². The second kappa shape index (κ2) is 6.75. The molecule has 3 atom stereocenters. The normalized spacial score (nSPS) is 36.0. The topological polar surface area (TPSA) is 15.3 Å². The van der Waals surface area contributed by atoms with Gasteiger partial charge in [0, 0.05) is 25.7 Å². The van der Waals surface area contributed by atoms with Gasteiger partial charge in [-0.25, -0.2) is 0 Å². The Balaban J connectivity index is 1.61. The van der Waals surface area contributed by atoms with Crippen LogP contribution in [0.4, 0.5) is 0 Å². The Labute approximate surface area is 107 Å². The molecule has 2 fully saturated rings. The van der Waals surface area contributed by atoms with E-state index >= 15 is 0 Å². The minimum atomic E-state index is 0.797. The Hall–Kier alpha value is -0.0800. The van der Waals surface area contributed by atoms with Crippen LogP contribution in [0.2, 0.25) is 0 Å². The molecule has 0 aromatic rings. The molecule has 0 aromatic carbocycles. The van der Waals surface area contributed by atoms with Crippen LogP contribution in [0.25, 0.3) is 0 Å². The Morgan fingerprint density at radius 3 is 2.65 bits per heavy atom. The van der Waals surface area contributed by atoms with Crippen molar-refractivity contribution in [2.75, 3.05) is 26.2 Å². The summed E-state index contributed by atoms with van der Waals surface area (Å²) in [6, 6.07) is 0.797. The lowest BCUT2D eigenvalue weighted by Crippen LogP contribution is -2.43. The summed E-state index contributed by atoms with van der Waals surface area (Å²) in [6.45, 7) is 9.91. The number of hydrogen-bond acceptors (Lipinski definition) is 2. The standard InChI is InChI=1S/C15H30N2/c1-13-6-5-10-17(12-13)11-9-16-15-8-4-3-7-14(15)2/h13-16H,3-12H2,1-2H3. The van der Waals surface area contributed by atoms with E-state index in [-0.39, 0.29) is 0 Å². The maximum atomic E-state index is 3.79. The number of nitrogens with one attached hydrogen (secondary N) is 1. The number of piperidine rings is 1. The lowest BCUT2D eigenvalue weighted by molar-refractivity contribution is 0.177. The summed E-state index contributed by atoms with van der Waals surface area (Å²) < 4.78 is 0. The quantitative estimate of drug-likeness (QED) is 0.810. The second-order valence-corrected chi connectivity index (χ2v) is 6.37. The molecule has 1 saturated heterocycles. The average Bonchev–Trinajstić information content (AvgIpc) is 2.32. The predicted molar refractivity (Wildman–Crippen MR) is 74.3 cm³/mol. The first kappa shape index (κ1) is 13.4. The molecule has 0 aromatic heterocycles. The zero-order valence-electron chi connectivity index (χ0n) is 11.8. The van der Waals surface area contributed by atoms with Gasteiger partial charge in [0.15, 0.2) is 0 Å². The van der Waals surface area contributed by atoms with Gasteiger partial charge in [-0.3, -0.25) is 0 Å². The largest absolute Gasteiger partial charge is 0.312 e. The van der Waals surface area contributed by atoms with Crippen LogP contribution in [-0.2, 0) is 0 Å². The lowest BCUT2D eigenvalue weighted by atomic mass is 9.86. The van der Waals surface area contributed by atoms with Crippen molar-refractivity contribution in [3.8, 4) is 0 Å². The van der Waals surface area contributed by atoms with E-state index in [2.05, 4.69) is 24.1 Å². The molecule has 2 heteroatoms. The Morgan fingerprint density at radius 2 is 1.88 bits per heavy atom. The molecule has 3 unspecified atom stereocenters. The summed E-state index contributed by atoms with van der Waals surface area (Å²) >= 11 is 0. The monoisotopic (exact) mass is 238 g/mol. The highest BCUT2D eigenvalue weighted by molar-refractivity contribution is 4.79. The van der Waals surface area contributed by atoms with Crippen molar-refractivity contribution >= 4 is 0 Å². The van der Waals surface area contributed by atoms with Gasteiger partial charge in [-0.2, -0.15) is 0 Å². The molecule has 2 aliphatic rings. The van der Waals surface area contributed by atoms with Gasteiger partial charge in [0.05, 0.1) is 0 Å². The summed E-state index contributed by atoms with van der Waals surface area (Å²) in [5.74, 6) is 1.81. The van der Waals surface area contributed by atoms with Crippen LogP contribution >= 0.6 is 0 Å². The molecule has 1 saturated carbocycles. The highest BCUT2D eigenvalue weighted by Gasteiger charge is 2.21. The highest BCUT2D eigenvalue weighted by Crippen LogP contribution is 2.23. The van der Waals surface area contributed by atoms with Gasteiger partial charge in [-0.15, -0.1) is 0 Å². The number of rotatable bonds is 4. The van der Waals surface area contributed by atoms with E-state index in [1.807, 2.05) is 0 Å². The van der Waals surface area contributed by atoms with Crippen molar-refractivity contribution < 1.29 is 0 Å². The summed E-state index contributed by atoms with van der Waals surface area (Å²) in [6.07, 6.45) is 8.55. The summed E-state index contributed by atoms with van der Waals surface area (Å²) in [5.41, 5.74) is 0. The zero-order valence-corrected chi connectivity index (χ0v) is 11.8. The minimum Gasteiger partial charge on any atom is -0.312 e. The van der Waals surface area contributed by atoms with Gasteiger partial charge in [-0.1, -0.05) is 26.7 Å². The van der Waals surface area contributed by atoms with Crippen LogP contribution in [0.1, 0.15) is 52.4 Å². The smallest absolute Gasteiger partial charge is 0.0107 e. The summed E-state index contributed by atoms with van der Waals surface area (Å²) in [4.78, 5) is 2.65. The Kier molecular flexibility index (Phi) is 5.30. The molecule has 100 valence electrons. The third-order valence-corrected chi connectivity index (χ3v) is 4.69. The van der Waals surface area contributed by atoms with Crippen LogP contribution in [0.15, 0.2) is 0 Å². The maximum absolute atomic E-state index is 3.79. The molecule has 1 aliphatic carbocycles. The first-order valence-corrected chi connectivity index (χ1v) is 7.71. The average molecular weight is 238 g/mol. The second-order valence-electron chi connectivity index (χ2n) is 6.37. The van der Waals surface area contributed by atoms with E-state index in [4.69, 9.17) is 0 Å². The van der Waals surface area contributed by atoms with Gasteiger partial charge in [0.25, 0.3) is 0 Å². The van der Waals surface area contributed by atoms with Crippen molar-refractivity contribution in [2.45, 2.75) is 58.4 Å². The van der Waals surface area contributed by atoms with Gasteiger partial charge in [0.2, 0.25) is 0 Å². The molecule has 0 radical (unpaired) electrons. The first-order chi connectivity index (χ1) is 8.25. The fourth-order valence-corrected chi connectivity index (χ4v) is 3.52. The van der Waals surface area contributed by atoms with Crippen LogP contribution < -0.4 is 5.32 Å². The summed E-state index contributed by atoms with van der Waals surface area (Å²) in [7, 11) is 0. The molecule has 2 rings (SSSR count). The number of nitrogens with zero attached hydrogens (tertiary/aromatic N) is 1. The summed E-state index contributed by atoms with van der Waals surface area (Å²) in [5, 5.41) is 3.79. The van der Waals surface area contributed by atoms with E-state index in [9.17, 15) is 0 Å².